The molecule has 0 aliphatic heterocycles. The normalized spacial score (nSPS) is 15.9. The van der Waals surface area contributed by atoms with Crippen molar-refractivity contribution in [3.8, 4) is 39.3 Å². The van der Waals surface area contributed by atoms with Gasteiger partial charge in [-0.15, -0.1) is 0 Å². The van der Waals surface area contributed by atoms with Crippen LogP contribution in [0.15, 0.2) is 157 Å². The van der Waals surface area contributed by atoms with Crippen molar-refractivity contribution in [2.45, 2.75) is 0 Å². The zero-order valence-corrected chi connectivity index (χ0v) is 21.4. The number of hydrogen-bond acceptors (Lipinski definition) is 1. The Balaban J connectivity index is 1.72. The number of benzene rings is 7. The Morgan fingerprint density at radius 2 is 1.02 bits per heavy atom. The maximum atomic E-state index is 9.40. The third kappa shape index (κ3) is 3.76. The van der Waals surface area contributed by atoms with Gasteiger partial charge < -0.3 is 0 Å². The molecule has 2 nitrogen and oxygen atoms in total. The summed E-state index contributed by atoms with van der Waals surface area (Å²) in [5, 5.41) is -0.339. The van der Waals surface area contributed by atoms with Crippen LogP contribution in [0.5, 0.6) is 0 Å². The van der Waals surface area contributed by atoms with E-state index in [0.717, 1.165) is 5.56 Å². The molecule has 41 heavy (non-hydrogen) atoms. The molecule has 0 bridgehead atoms. The quantitative estimate of drug-likeness (QED) is 0.205. The van der Waals surface area contributed by atoms with Gasteiger partial charge >= 0.3 is 0 Å². The first-order valence-electron chi connectivity index (χ1n) is 19.4. The van der Waals surface area contributed by atoms with Gasteiger partial charge in [-0.1, -0.05) is 133 Å². The number of hydrogen-bond donors (Lipinski definition) is 0. The fraction of sp³-hybridized carbons (Fsp3) is 0. The van der Waals surface area contributed by atoms with E-state index in [1.807, 2.05) is 36.4 Å². The minimum Gasteiger partial charge on any atom is -0.292 e. The third-order valence-electron chi connectivity index (χ3n) is 7.15. The van der Waals surface area contributed by atoms with Crippen molar-refractivity contribution in [1.82, 2.24) is 9.55 Å². The number of rotatable bonds is 4. The van der Waals surface area contributed by atoms with E-state index >= 15 is 0 Å². The van der Waals surface area contributed by atoms with Crippen molar-refractivity contribution in [2.24, 2.45) is 0 Å². The summed E-state index contributed by atoms with van der Waals surface area (Å²) in [5.41, 5.74) is 2.14. The minimum atomic E-state index is -0.625. The van der Waals surface area contributed by atoms with Crippen LogP contribution in [0.4, 0.5) is 0 Å². The topological polar surface area (TPSA) is 17.8 Å². The molecule has 0 atom stereocenters. The molecule has 7 aromatic carbocycles. The maximum Gasteiger partial charge on any atom is 0.146 e. The number of aromatic nitrogens is 2. The van der Waals surface area contributed by atoms with Crippen LogP contribution in [-0.2, 0) is 0 Å². The van der Waals surface area contributed by atoms with E-state index in [4.69, 9.17) is 17.3 Å². The highest BCUT2D eigenvalue weighted by atomic mass is 15.1. The first kappa shape index (κ1) is 13.7. The third-order valence-corrected chi connectivity index (χ3v) is 7.15. The first-order chi connectivity index (χ1) is 25.8. The molecule has 1 heterocycles. The lowest BCUT2D eigenvalue weighted by molar-refractivity contribution is 1.11. The molecule has 0 N–H and O–H groups in total. The average Bonchev–Trinajstić information content (AvgIpc) is 3.57. The van der Waals surface area contributed by atoms with E-state index in [9.17, 15) is 5.48 Å². The molecule has 0 aliphatic carbocycles. The molecule has 0 fully saturated rings. The Hall–Kier alpha value is -5.47. The summed E-state index contributed by atoms with van der Waals surface area (Å²) in [7, 11) is 0. The summed E-state index contributed by atoms with van der Waals surface area (Å²) in [6.45, 7) is 0. The highest BCUT2D eigenvalue weighted by Gasteiger charge is 2.22. The summed E-state index contributed by atoms with van der Waals surface area (Å²) >= 11 is 0. The Bertz CT molecular complexity index is 2810. The summed E-state index contributed by atoms with van der Waals surface area (Å²) in [5.74, 6) is -0.150. The lowest BCUT2D eigenvalue weighted by atomic mass is 9.85. The van der Waals surface area contributed by atoms with Crippen molar-refractivity contribution >= 4 is 32.6 Å². The molecule has 8 rings (SSSR count). The van der Waals surface area contributed by atoms with Crippen LogP contribution in [0.2, 0.25) is 0 Å². The number of fused-ring (bicyclic) bond motifs is 3. The second kappa shape index (κ2) is 9.62. The van der Waals surface area contributed by atoms with Crippen molar-refractivity contribution < 1.29 is 17.8 Å². The van der Waals surface area contributed by atoms with Crippen molar-refractivity contribution in [3.05, 3.63) is 157 Å². The van der Waals surface area contributed by atoms with Gasteiger partial charge in [-0.25, -0.2) is 4.98 Å². The Labute approximate surface area is 257 Å². The van der Waals surface area contributed by atoms with Crippen LogP contribution in [0, 0.1) is 0 Å². The fourth-order valence-electron chi connectivity index (χ4n) is 5.46. The van der Waals surface area contributed by atoms with Crippen molar-refractivity contribution in [2.75, 3.05) is 0 Å². The lowest BCUT2D eigenvalue weighted by Gasteiger charge is -2.20. The molecule has 0 saturated carbocycles. The second-order valence-corrected chi connectivity index (χ2v) is 9.39. The Morgan fingerprint density at radius 3 is 1.71 bits per heavy atom. The zero-order chi connectivity index (χ0) is 38.5. The fourth-order valence-corrected chi connectivity index (χ4v) is 5.46. The minimum absolute atomic E-state index is 0.0448. The summed E-state index contributed by atoms with van der Waals surface area (Å²) < 4.78 is 117. The van der Waals surface area contributed by atoms with Gasteiger partial charge in [0.2, 0.25) is 0 Å². The van der Waals surface area contributed by atoms with Gasteiger partial charge in [0.1, 0.15) is 5.82 Å². The number of para-hydroxylation sites is 3. The average molecular weight is 536 g/mol. The second-order valence-electron chi connectivity index (χ2n) is 9.39. The van der Waals surface area contributed by atoms with Gasteiger partial charge in [-0.2, -0.15) is 0 Å². The lowest BCUT2D eigenvalue weighted by Crippen LogP contribution is -1.99. The van der Waals surface area contributed by atoms with Crippen LogP contribution >= 0.6 is 0 Å². The van der Waals surface area contributed by atoms with Crippen LogP contribution < -0.4 is 0 Å². The van der Waals surface area contributed by atoms with Gasteiger partial charge in [-0.3, -0.25) is 4.57 Å². The van der Waals surface area contributed by atoms with Gasteiger partial charge in [0.15, 0.2) is 0 Å². The predicted octanol–water partition coefficient (Wildman–Crippen LogP) is 10.3. The highest BCUT2D eigenvalue weighted by molar-refractivity contribution is 6.22. The molecule has 0 aliphatic rings. The SMILES string of the molecule is [2H]c1c([2H])c([2H])c(-n2c(-c3c4c([2H])c([2H])c([2H])c([2H])c4c(-c4ccccc4-c4ccccc4)c4c([2H])c([2H])c([2H])c([2H])c34)nc3ccccc32)c([2H])c1[2H]. The predicted molar refractivity (Wildman–Crippen MR) is 172 cm³/mol. The van der Waals surface area contributed by atoms with E-state index in [2.05, 4.69) is 0 Å². The van der Waals surface area contributed by atoms with Crippen molar-refractivity contribution in [1.29, 1.82) is 0 Å². The summed E-state index contributed by atoms with van der Waals surface area (Å²) in [4.78, 5) is 4.86. The highest BCUT2D eigenvalue weighted by Crippen LogP contribution is 2.46. The standard InChI is InChI=1S/C39H26N2/c1-3-15-27(16-4-1)29-19-7-8-20-30(29)37-31-21-9-11-23-33(31)38(34-24-12-10-22-32(34)37)39-40-35-25-13-14-26-36(35)41(39)28-17-5-2-6-18-28/h1-26H/i2D,5D,6D,9D,10D,11D,12D,17D,18D,21D,22D,23D,24D. The molecule has 0 unspecified atom stereocenters. The molecular formula is C39H26N2. The van der Waals surface area contributed by atoms with E-state index in [0.29, 0.717) is 16.6 Å². The number of imidazole rings is 1. The molecule has 192 valence electrons. The molecule has 0 spiro atoms. The molecule has 0 amide bonds. The zero-order valence-electron chi connectivity index (χ0n) is 34.4. The van der Waals surface area contributed by atoms with E-state index in [-0.39, 0.29) is 49.7 Å². The molecule has 1 aromatic heterocycles. The maximum absolute atomic E-state index is 9.40. The van der Waals surface area contributed by atoms with Crippen LogP contribution in [-0.4, -0.2) is 9.55 Å². The number of nitrogens with zero attached hydrogens (tertiary/aromatic N) is 2. The Morgan fingerprint density at radius 1 is 0.488 bits per heavy atom. The molecular weight excluding hydrogens is 496 g/mol. The molecule has 8 aromatic rings. The van der Waals surface area contributed by atoms with Gasteiger partial charge in [0.25, 0.3) is 0 Å². The van der Waals surface area contributed by atoms with E-state index < -0.39 is 78.6 Å². The Kier molecular flexibility index (Phi) is 3.22. The molecule has 0 saturated heterocycles. The smallest absolute Gasteiger partial charge is 0.146 e. The summed E-state index contributed by atoms with van der Waals surface area (Å²) in [6, 6.07) is 15.6. The molecule has 0 radical (unpaired) electrons. The van der Waals surface area contributed by atoms with Crippen LogP contribution in [0.1, 0.15) is 17.8 Å². The van der Waals surface area contributed by atoms with Gasteiger partial charge in [0.05, 0.1) is 28.9 Å². The van der Waals surface area contributed by atoms with E-state index in [1.165, 1.54) is 4.57 Å². The van der Waals surface area contributed by atoms with Gasteiger partial charge in [0, 0.05) is 11.3 Å². The van der Waals surface area contributed by atoms with Crippen LogP contribution in [0.25, 0.3) is 71.9 Å². The molecule has 2 heteroatoms. The largest absolute Gasteiger partial charge is 0.292 e. The van der Waals surface area contributed by atoms with Crippen molar-refractivity contribution in [3.63, 3.8) is 0 Å². The van der Waals surface area contributed by atoms with Crippen LogP contribution in [0.3, 0.4) is 0 Å². The van der Waals surface area contributed by atoms with E-state index in [1.54, 1.807) is 42.5 Å². The van der Waals surface area contributed by atoms with Gasteiger partial charge in [-0.05, 0) is 68.0 Å². The monoisotopic (exact) mass is 535 g/mol. The summed E-state index contributed by atoms with van der Waals surface area (Å²) in [6.07, 6.45) is 0. The first-order valence-corrected chi connectivity index (χ1v) is 12.9.